The van der Waals surface area contributed by atoms with E-state index < -0.39 is 0 Å². The van der Waals surface area contributed by atoms with Crippen molar-refractivity contribution in [2.45, 2.75) is 32.2 Å². The van der Waals surface area contributed by atoms with Crippen LogP contribution < -0.4 is 4.74 Å². The molecule has 2 aliphatic rings. The van der Waals surface area contributed by atoms with Crippen LogP contribution in [0.4, 0.5) is 0 Å². The minimum Gasteiger partial charge on any atom is -0.475 e. The SMILES string of the molecule is CC(C)Oc1nccc2c1C1C=CC2O1. The van der Waals surface area contributed by atoms with Crippen molar-refractivity contribution in [2.24, 2.45) is 0 Å². The summed E-state index contributed by atoms with van der Waals surface area (Å²) in [5.41, 5.74) is 2.31. The fourth-order valence-corrected chi connectivity index (χ4v) is 2.11. The molecule has 0 spiro atoms. The van der Waals surface area contributed by atoms with E-state index in [0.717, 1.165) is 11.4 Å². The molecule has 2 atom stereocenters. The van der Waals surface area contributed by atoms with E-state index in [1.807, 2.05) is 19.9 Å². The van der Waals surface area contributed by atoms with Gasteiger partial charge in [-0.25, -0.2) is 4.98 Å². The molecule has 0 saturated carbocycles. The molecular formula is C12H13NO2. The van der Waals surface area contributed by atoms with E-state index in [9.17, 15) is 0 Å². The standard InChI is InChI=1S/C12H13NO2/c1-7(2)14-12-11-8(5-6-13-12)9-3-4-10(11)15-9/h3-7,9-10H,1-2H3. The van der Waals surface area contributed by atoms with Gasteiger partial charge in [-0.3, -0.25) is 0 Å². The van der Waals surface area contributed by atoms with E-state index in [2.05, 4.69) is 17.1 Å². The third-order valence-corrected chi connectivity index (χ3v) is 2.68. The van der Waals surface area contributed by atoms with Crippen LogP contribution in [0.15, 0.2) is 24.4 Å². The summed E-state index contributed by atoms with van der Waals surface area (Å²) in [6, 6.07) is 2.01. The van der Waals surface area contributed by atoms with E-state index >= 15 is 0 Å². The van der Waals surface area contributed by atoms with Crippen molar-refractivity contribution in [3.05, 3.63) is 35.5 Å². The highest BCUT2D eigenvalue weighted by Gasteiger charge is 2.36. The second-order valence-electron chi connectivity index (χ2n) is 4.15. The lowest BCUT2D eigenvalue weighted by Gasteiger charge is -2.14. The van der Waals surface area contributed by atoms with Gasteiger partial charge < -0.3 is 9.47 Å². The van der Waals surface area contributed by atoms with Crippen molar-refractivity contribution in [3.63, 3.8) is 0 Å². The van der Waals surface area contributed by atoms with Crippen LogP contribution in [-0.4, -0.2) is 11.1 Å². The molecule has 0 amide bonds. The Kier molecular flexibility index (Phi) is 1.83. The molecule has 0 fully saturated rings. The van der Waals surface area contributed by atoms with Crippen molar-refractivity contribution >= 4 is 0 Å². The smallest absolute Gasteiger partial charge is 0.220 e. The van der Waals surface area contributed by atoms with E-state index in [4.69, 9.17) is 9.47 Å². The molecule has 0 N–H and O–H groups in total. The molecule has 78 valence electrons. The first-order valence-electron chi connectivity index (χ1n) is 5.25. The van der Waals surface area contributed by atoms with E-state index in [0.29, 0.717) is 0 Å². The lowest BCUT2D eigenvalue weighted by Crippen LogP contribution is -2.10. The topological polar surface area (TPSA) is 31.4 Å². The number of rotatable bonds is 2. The molecule has 0 saturated heterocycles. The third-order valence-electron chi connectivity index (χ3n) is 2.68. The number of hydrogen-bond acceptors (Lipinski definition) is 3. The largest absolute Gasteiger partial charge is 0.475 e. The molecule has 2 bridgehead atoms. The summed E-state index contributed by atoms with van der Waals surface area (Å²) in [6.45, 7) is 4.01. The lowest BCUT2D eigenvalue weighted by atomic mass is 9.99. The number of ether oxygens (including phenoxy) is 2. The molecule has 3 rings (SSSR count). The molecule has 0 aliphatic carbocycles. The van der Waals surface area contributed by atoms with Crippen molar-refractivity contribution in [2.75, 3.05) is 0 Å². The maximum absolute atomic E-state index is 5.73. The van der Waals surface area contributed by atoms with Gasteiger partial charge in [0.2, 0.25) is 5.88 Å². The van der Waals surface area contributed by atoms with Crippen molar-refractivity contribution in [1.29, 1.82) is 0 Å². The van der Waals surface area contributed by atoms with Crippen LogP contribution >= 0.6 is 0 Å². The van der Waals surface area contributed by atoms with Crippen LogP contribution in [-0.2, 0) is 4.74 Å². The highest BCUT2D eigenvalue weighted by atomic mass is 16.5. The number of nitrogens with zero attached hydrogens (tertiary/aromatic N) is 1. The summed E-state index contributed by atoms with van der Waals surface area (Å²) in [6.07, 6.45) is 6.25. The summed E-state index contributed by atoms with van der Waals surface area (Å²) in [5.74, 6) is 0.722. The Morgan fingerprint density at radius 1 is 1.33 bits per heavy atom. The minimum atomic E-state index is 0.0486. The zero-order valence-electron chi connectivity index (χ0n) is 8.81. The Bertz CT molecular complexity index is 426. The van der Waals surface area contributed by atoms with Crippen molar-refractivity contribution in [3.8, 4) is 5.88 Å². The fourth-order valence-electron chi connectivity index (χ4n) is 2.11. The van der Waals surface area contributed by atoms with Gasteiger partial charge in [0.05, 0.1) is 11.7 Å². The van der Waals surface area contributed by atoms with Crippen LogP contribution in [0.25, 0.3) is 0 Å². The van der Waals surface area contributed by atoms with Crippen molar-refractivity contribution < 1.29 is 9.47 Å². The second-order valence-corrected chi connectivity index (χ2v) is 4.15. The van der Waals surface area contributed by atoms with Gasteiger partial charge in [0.1, 0.15) is 12.2 Å². The van der Waals surface area contributed by atoms with Gasteiger partial charge in [-0.15, -0.1) is 0 Å². The van der Waals surface area contributed by atoms with Crippen LogP contribution in [0.3, 0.4) is 0 Å². The van der Waals surface area contributed by atoms with Crippen LogP contribution in [0, 0.1) is 0 Å². The molecule has 2 unspecified atom stereocenters. The normalized spacial score (nSPS) is 26.1. The average molecular weight is 203 g/mol. The summed E-state index contributed by atoms with van der Waals surface area (Å²) >= 11 is 0. The summed E-state index contributed by atoms with van der Waals surface area (Å²) in [4.78, 5) is 4.27. The predicted octanol–water partition coefficient (Wildman–Crippen LogP) is 2.55. The molecule has 3 nitrogen and oxygen atoms in total. The number of pyridine rings is 1. The van der Waals surface area contributed by atoms with Gasteiger partial charge in [-0.1, -0.05) is 12.2 Å². The highest BCUT2D eigenvalue weighted by Crippen LogP contribution is 2.48. The van der Waals surface area contributed by atoms with Gasteiger partial charge in [-0.2, -0.15) is 0 Å². The first-order chi connectivity index (χ1) is 7.25. The molecule has 1 aromatic rings. The lowest BCUT2D eigenvalue weighted by molar-refractivity contribution is 0.0859. The average Bonchev–Trinajstić information content (AvgIpc) is 2.77. The zero-order valence-corrected chi connectivity index (χ0v) is 8.81. The molecule has 3 heteroatoms. The monoisotopic (exact) mass is 203 g/mol. The van der Waals surface area contributed by atoms with E-state index in [1.165, 1.54) is 5.56 Å². The summed E-state index contributed by atoms with van der Waals surface area (Å²) in [5, 5.41) is 0. The van der Waals surface area contributed by atoms with Gasteiger partial charge >= 0.3 is 0 Å². The number of fused-ring (bicyclic) bond motifs is 5. The molecule has 0 radical (unpaired) electrons. The Labute approximate surface area is 88.7 Å². The zero-order chi connectivity index (χ0) is 10.4. The first kappa shape index (κ1) is 8.92. The maximum Gasteiger partial charge on any atom is 0.220 e. The Hall–Kier alpha value is -1.35. The van der Waals surface area contributed by atoms with Gasteiger partial charge in [-0.05, 0) is 25.5 Å². The molecule has 2 aliphatic heterocycles. The maximum atomic E-state index is 5.73. The summed E-state index contributed by atoms with van der Waals surface area (Å²) in [7, 11) is 0. The second kappa shape index (κ2) is 3.07. The summed E-state index contributed by atoms with van der Waals surface area (Å²) < 4.78 is 11.4. The number of aromatic nitrogens is 1. The number of hydrogen-bond donors (Lipinski definition) is 0. The van der Waals surface area contributed by atoms with Gasteiger partial charge in [0, 0.05) is 6.20 Å². The molecular weight excluding hydrogens is 190 g/mol. The van der Waals surface area contributed by atoms with Crippen LogP contribution in [0.2, 0.25) is 0 Å². The first-order valence-corrected chi connectivity index (χ1v) is 5.25. The van der Waals surface area contributed by atoms with E-state index in [1.54, 1.807) is 6.20 Å². The molecule has 3 heterocycles. The van der Waals surface area contributed by atoms with Gasteiger partial charge in [0.25, 0.3) is 0 Å². The minimum absolute atomic E-state index is 0.0486. The van der Waals surface area contributed by atoms with Crippen molar-refractivity contribution in [1.82, 2.24) is 4.98 Å². The predicted molar refractivity (Wildman–Crippen MR) is 55.7 cm³/mol. The Balaban J connectivity index is 2.06. The van der Waals surface area contributed by atoms with Crippen LogP contribution in [0.5, 0.6) is 5.88 Å². The van der Waals surface area contributed by atoms with Gasteiger partial charge in [0.15, 0.2) is 0 Å². The van der Waals surface area contributed by atoms with E-state index in [-0.39, 0.29) is 18.3 Å². The molecule has 1 aromatic heterocycles. The molecule has 15 heavy (non-hydrogen) atoms. The van der Waals surface area contributed by atoms with Crippen LogP contribution in [0.1, 0.15) is 37.2 Å². The Morgan fingerprint density at radius 2 is 2.13 bits per heavy atom. The highest BCUT2D eigenvalue weighted by molar-refractivity contribution is 5.47. The Morgan fingerprint density at radius 3 is 2.93 bits per heavy atom. The molecule has 0 aromatic carbocycles. The quantitative estimate of drug-likeness (QED) is 0.692. The third kappa shape index (κ3) is 1.27. The fraction of sp³-hybridized carbons (Fsp3) is 0.417.